The number of anilines is 3. The summed E-state index contributed by atoms with van der Waals surface area (Å²) < 4.78 is 13.1. The predicted molar refractivity (Wildman–Crippen MR) is 137 cm³/mol. The molecule has 0 aromatic heterocycles. The van der Waals surface area contributed by atoms with E-state index >= 15 is 0 Å². The fraction of sp³-hybridized carbons (Fsp3) is 0.481. The van der Waals surface area contributed by atoms with E-state index in [0.29, 0.717) is 12.1 Å². The molecule has 8 heteroatoms. The summed E-state index contributed by atoms with van der Waals surface area (Å²) in [6, 6.07) is 12.3. The van der Waals surface area contributed by atoms with E-state index in [2.05, 4.69) is 20.0 Å². The zero-order chi connectivity index (χ0) is 24.4. The summed E-state index contributed by atoms with van der Waals surface area (Å²) in [6.45, 7) is 6.16. The molecule has 0 unspecified atom stereocenters. The van der Waals surface area contributed by atoms with E-state index in [0.717, 1.165) is 82.0 Å². The van der Waals surface area contributed by atoms with Crippen LogP contribution in [0.5, 0.6) is 0 Å². The van der Waals surface area contributed by atoms with Crippen molar-refractivity contribution in [1.29, 1.82) is 0 Å². The van der Waals surface area contributed by atoms with E-state index in [1.807, 2.05) is 37.4 Å². The number of piperidine rings is 1. The molecule has 1 atom stereocenters. The summed E-state index contributed by atoms with van der Waals surface area (Å²) in [5, 5.41) is 3.04. The van der Waals surface area contributed by atoms with Crippen LogP contribution in [-0.4, -0.2) is 75.6 Å². The number of nitrogens with one attached hydrogen (secondary N) is 1. The number of rotatable bonds is 6. The number of hydrogen-bond acceptors (Lipinski definition) is 5. The number of carbonyl (C=O) groups is 2. The Morgan fingerprint density at radius 3 is 2.54 bits per heavy atom. The van der Waals surface area contributed by atoms with Crippen molar-refractivity contribution in [3.8, 4) is 0 Å². The van der Waals surface area contributed by atoms with Crippen LogP contribution in [-0.2, 0) is 4.79 Å². The van der Waals surface area contributed by atoms with Crippen molar-refractivity contribution in [2.24, 2.45) is 0 Å². The molecular weight excluding hydrogens is 445 g/mol. The quantitative estimate of drug-likeness (QED) is 0.646. The van der Waals surface area contributed by atoms with Gasteiger partial charge in [0.1, 0.15) is 11.9 Å². The van der Waals surface area contributed by atoms with Crippen molar-refractivity contribution in [1.82, 2.24) is 10.2 Å². The number of carbonyl (C=O) groups excluding carboxylic acids is 2. The summed E-state index contributed by atoms with van der Waals surface area (Å²) in [5.74, 6) is -0.189. The van der Waals surface area contributed by atoms with Crippen LogP contribution in [0.15, 0.2) is 42.5 Å². The Morgan fingerprint density at radius 1 is 1.00 bits per heavy atom. The van der Waals surface area contributed by atoms with Crippen LogP contribution < -0.4 is 20.0 Å². The van der Waals surface area contributed by atoms with Crippen molar-refractivity contribution in [3.63, 3.8) is 0 Å². The topological polar surface area (TPSA) is 59.1 Å². The van der Waals surface area contributed by atoms with Crippen LogP contribution in [0.1, 0.15) is 36.0 Å². The highest BCUT2D eigenvalue weighted by molar-refractivity contribution is 6.07. The Hall–Kier alpha value is -3.13. The third-order valence-corrected chi connectivity index (χ3v) is 7.53. The second-order valence-corrected chi connectivity index (χ2v) is 9.72. The Labute approximate surface area is 206 Å². The third-order valence-electron chi connectivity index (χ3n) is 7.53. The zero-order valence-corrected chi connectivity index (χ0v) is 20.4. The molecule has 2 fully saturated rings. The molecule has 35 heavy (non-hydrogen) atoms. The molecule has 0 aliphatic carbocycles. The highest BCUT2D eigenvalue weighted by Crippen LogP contribution is 2.39. The minimum absolute atomic E-state index is 0.0708. The number of halogens is 1. The fourth-order valence-electron chi connectivity index (χ4n) is 5.48. The van der Waals surface area contributed by atoms with E-state index in [1.54, 1.807) is 4.90 Å². The average Bonchev–Trinajstić information content (AvgIpc) is 2.90. The van der Waals surface area contributed by atoms with Gasteiger partial charge in [-0.25, -0.2) is 4.39 Å². The smallest absolute Gasteiger partial charge is 0.251 e. The summed E-state index contributed by atoms with van der Waals surface area (Å²) in [7, 11) is 1.81. The molecule has 1 N–H and O–H groups in total. The van der Waals surface area contributed by atoms with E-state index in [-0.39, 0.29) is 23.7 Å². The molecule has 2 aromatic rings. The molecule has 3 aliphatic rings. The summed E-state index contributed by atoms with van der Waals surface area (Å²) in [6.07, 6.45) is 3.95. The number of nitrogens with zero attached hydrogens (tertiary/aromatic N) is 4. The first-order valence-corrected chi connectivity index (χ1v) is 12.7. The molecule has 3 aliphatic heterocycles. The molecule has 2 saturated heterocycles. The standard InChI is InChI=1S/C27H34FN5O2/c1-30-25-19-20(6-11-23(25)33-14-3-2-5-24(33)27(30)35)26(34)29-12-4-13-31-15-17-32(18-16-31)22-9-7-21(28)8-10-22/h6-11,19,24H,2-5,12-18H2,1H3,(H,29,34)/t24-/m0/s1. The minimum atomic E-state index is -0.207. The molecule has 2 aromatic carbocycles. The molecule has 2 amide bonds. The molecule has 0 saturated carbocycles. The van der Waals surface area contributed by atoms with Gasteiger partial charge in [-0.2, -0.15) is 0 Å². The lowest BCUT2D eigenvalue weighted by molar-refractivity contribution is -0.120. The van der Waals surface area contributed by atoms with Gasteiger partial charge in [0.05, 0.1) is 11.4 Å². The predicted octanol–water partition coefficient (Wildman–Crippen LogP) is 3.10. The maximum absolute atomic E-state index is 13.1. The number of fused-ring (bicyclic) bond motifs is 3. The van der Waals surface area contributed by atoms with Gasteiger partial charge in [-0.05, 0) is 74.7 Å². The summed E-state index contributed by atoms with van der Waals surface area (Å²) >= 11 is 0. The minimum Gasteiger partial charge on any atom is -0.369 e. The second-order valence-electron chi connectivity index (χ2n) is 9.72. The van der Waals surface area contributed by atoms with Gasteiger partial charge in [-0.15, -0.1) is 0 Å². The van der Waals surface area contributed by atoms with Crippen LogP contribution in [0.3, 0.4) is 0 Å². The SMILES string of the molecule is CN1C(=O)[C@@H]2CCCCN2c2ccc(C(=O)NCCCN3CCN(c4ccc(F)cc4)CC3)cc21. The molecule has 3 heterocycles. The Kier molecular flexibility index (Phi) is 6.90. The average molecular weight is 480 g/mol. The lowest BCUT2D eigenvalue weighted by Gasteiger charge is -2.44. The number of benzene rings is 2. The molecule has 7 nitrogen and oxygen atoms in total. The first-order valence-electron chi connectivity index (χ1n) is 12.7. The fourth-order valence-corrected chi connectivity index (χ4v) is 5.48. The van der Waals surface area contributed by atoms with Crippen LogP contribution in [0.4, 0.5) is 21.5 Å². The van der Waals surface area contributed by atoms with Gasteiger partial charge in [-0.1, -0.05) is 0 Å². The van der Waals surface area contributed by atoms with Gasteiger partial charge >= 0.3 is 0 Å². The van der Waals surface area contributed by atoms with Crippen LogP contribution in [0.2, 0.25) is 0 Å². The Morgan fingerprint density at radius 2 is 1.77 bits per heavy atom. The highest BCUT2D eigenvalue weighted by Gasteiger charge is 2.38. The third kappa shape index (κ3) is 4.98. The lowest BCUT2D eigenvalue weighted by atomic mass is 9.96. The maximum atomic E-state index is 13.1. The van der Waals surface area contributed by atoms with E-state index in [4.69, 9.17) is 0 Å². The number of hydrogen-bond donors (Lipinski definition) is 1. The van der Waals surface area contributed by atoms with Gasteiger partial charge in [0.2, 0.25) is 5.91 Å². The van der Waals surface area contributed by atoms with Crippen molar-refractivity contribution in [2.45, 2.75) is 31.7 Å². The van der Waals surface area contributed by atoms with Crippen molar-refractivity contribution in [3.05, 3.63) is 53.8 Å². The summed E-state index contributed by atoms with van der Waals surface area (Å²) in [5.41, 5.74) is 3.52. The molecule has 186 valence electrons. The largest absolute Gasteiger partial charge is 0.369 e. The van der Waals surface area contributed by atoms with Gasteiger partial charge in [0.25, 0.3) is 5.91 Å². The van der Waals surface area contributed by atoms with Crippen molar-refractivity contribution >= 4 is 28.9 Å². The van der Waals surface area contributed by atoms with E-state index in [1.165, 1.54) is 12.1 Å². The van der Waals surface area contributed by atoms with Gasteiger partial charge in [-0.3, -0.25) is 14.5 Å². The molecule has 0 bridgehead atoms. The normalized spacial score (nSPS) is 20.5. The van der Waals surface area contributed by atoms with E-state index < -0.39 is 0 Å². The van der Waals surface area contributed by atoms with Crippen molar-refractivity contribution < 1.29 is 14.0 Å². The van der Waals surface area contributed by atoms with Gasteiger partial charge < -0.3 is 20.0 Å². The Bertz CT molecular complexity index is 1070. The number of likely N-dealkylation sites (N-methyl/N-ethyl adjacent to an activating group) is 1. The Balaban J connectivity index is 1.09. The highest BCUT2D eigenvalue weighted by atomic mass is 19.1. The maximum Gasteiger partial charge on any atom is 0.251 e. The zero-order valence-electron chi connectivity index (χ0n) is 20.4. The van der Waals surface area contributed by atoms with Gasteiger partial charge in [0, 0.05) is 57.6 Å². The van der Waals surface area contributed by atoms with Crippen LogP contribution in [0.25, 0.3) is 0 Å². The monoisotopic (exact) mass is 479 g/mol. The molecule has 0 spiro atoms. The first kappa shape index (κ1) is 23.6. The first-order chi connectivity index (χ1) is 17.0. The lowest BCUT2D eigenvalue weighted by Crippen LogP contribution is -2.54. The number of piperazine rings is 1. The summed E-state index contributed by atoms with van der Waals surface area (Å²) in [4.78, 5) is 34.2. The van der Waals surface area contributed by atoms with Crippen LogP contribution >= 0.6 is 0 Å². The van der Waals surface area contributed by atoms with Crippen molar-refractivity contribution in [2.75, 3.05) is 67.6 Å². The second kappa shape index (κ2) is 10.2. The molecule has 5 rings (SSSR count). The van der Waals surface area contributed by atoms with Gasteiger partial charge in [0.15, 0.2) is 0 Å². The van der Waals surface area contributed by atoms with E-state index in [9.17, 15) is 14.0 Å². The molecular formula is C27H34FN5O2. The number of amides is 2. The molecule has 0 radical (unpaired) electrons. The van der Waals surface area contributed by atoms with Crippen LogP contribution in [0, 0.1) is 5.82 Å².